The minimum atomic E-state index is -0.420. The highest BCUT2D eigenvalue weighted by Gasteiger charge is 2.24. The summed E-state index contributed by atoms with van der Waals surface area (Å²) in [7, 11) is 0. The summed E-state index contributed by atoms with van der Waals surface area (Å²) in [6.45, 7) is 3.29. The second-order valence-corrected chi connectivity index (χ2v) is 7.63. The largest absolute Gasteiger partial charge is 0.402 e. The zero-order valence-corrected chi connectivity index (χ0v) is 15.7. The lowest BCUT2D eigenvalue weighted by molar-refractivity contribution is -0.129. The molecule has 3 heterocycles. The van der Waals surface area contributed by atoms with Crippen molar-refractivity contribution in [3.8, 4) is 0 Å². The van der Waals surface area contributed by atoms with Crippen molar-refractivity contribution in [2.75, 3.05) is 31.2 Å². The minimum Gasteiger partial charge on any atom is -0.402 e. The first-order valence-electron chi connectivity index (χ1n) is 7.90. The van der Waals surface area contributed by atoms with Crippen LogP contribution in [0.1, 0.15) is 10.4 Å². The van der Waals surface area contributed by atoms with Crippen LogP contribution in [-0.2, 0) is 14.3 Å². The summed E-state index contributed by atoms with van der Waals surface area (Å²) in [4.78, 5) is 19.7. The van der Waals surface area contributed by atoms with E-state index in [1.165, 1.54) is 5.00 Å². The van der Waals surface area contributed by atoms with Crippen LogP contribution in [0.4, 0.5) is 5.00 Å². The number of cyclic esters (lactones) is 1. The normalized spacial score (nSPS) is 19.2. The number of carbonyl (C=O) groups is 1. The Balaban J connectivity index is 1.56. The molecule has 0 unspecified atom stereocenters. The molecule has 2 aliphatic heterocycles. The number of rotatable bonds is 3. The maximum absolute atomic E-state index is 12.1. The van der Waals surface area contributed by atoms with Crippen LogP contribution in [0.25, 0.3) is 6.08 Å². The second-order valence-electron chi connectivity index (χ2n) is 5.62. The Kier molecular flexibility index (Phi) is 4.70. The maximum Gasteiger partial charge on any atom is 0.363 e. The second kappa shape index (κ2) is 7.11. The van der Waals surface area contributed by atoms with Crippen molar-refractivity contribution < 1.29 is 14.3 Å². The van der Waals surface area contributed by atoms with Crippen LogP contribution in [0.15, 0.2) is 51.6 Å². The molecule has 128 valence electrons. The van der Waals surface area contributed by atoms with Crippen LogP contribution in [-0.4, -0.2) is 38.2 Å². The molecule has 0 saturated carbocycles. The third-order valence-corrected chi connectivity index (χ3v) is 5.49. The number of esters is 1. The number of halogens is 1. The van der Waals surface area contributed by atoms with Crippen molar-refractivity contribution in [2.45, 2.75) is 0 Å². The molecule has 2 aromatic rings. The van der Waals surface area contributed by atoms with Gasteiger partial charge in [-0.1, -0.05) is 22.0 Å². The fourth-order valence-corrected chi connectivity index (χ4v) is 4.06. The quantitative estimate of drug-likeness (QED) is 0.563. The van der Waals surface area contributed by atoms with Crippen LogP contribution >= 0.6 is 27.3 Å². The molecule has 0 spiro atoms. The van der Waals surface area contributed by atoms with Gasteiger partial charge in [0.2, 0.25) is 5.90 Å². The number of nitrogens with zero attached hydrogens (tertiary/aromatic N) is 2. The first-order valence-corrected chi connectivity index (χ1v) is 9.51. The van der Waals surface area contributed by atoms with Crippen molar-refractivity contribution in [3.63, 3.8) is 0 Å². The summed E-state index contributed by atoms with van der Waals surface area (Å²) in [6.07, 6.45) is 1.78. The monoisotopic (exact) mass is 418 g/mol. The van der Waals surface area contributed by atoms with Gasteiger partial charge in [-0.05, 0) is 36.4 Å². The van der Waals surface area contributed by atoms with Crippen molar-refractivity contribution in [1.29, 1.82) is 0 Å². The van der Waals surface area contributed by atoms with E-state index in [4.69, 9.17) is 9.47 Å². The van der Waals surface area contributed by atoms with Gasteiger partial charge in [0.1, 0.15) is 0 Å². The first kappa shape index (κ1) is 16.5. The summed E-state index contributed by atoms with van der Waals surface area (Å²) >= 11 is 5.05. The van der Waals surface area contributed by atoms with Crippen molar-refractivity contribution >= 4 is 50.2 Å². The Labute approximate surface area is 157 Å². The Morgan fingerprint density at radius 2 is 2.04 bits per heavy atom. The number of ether oxygens (including phenoxy) is 2. The van der Waals surface area contributed by atoms with E-state index in [0.29, 0.717) is 11.6 Å². The van der Waals surface area contributed by atoms with E-state index in [1.807, 2.05) is 30.3 Å². The lowest BCUT2D eigenvalue weighted by Crippen LogP contribution is -2.35. The Bertz CT molecular complexity index is 869. The topological polar surface area (TPSA) is 51.1 Å². The molecule has 0 atom stereocenters. The van der Waals surface area contributed by atoms with Crippen LogP contribution in [0, 0.1) is 0 Å². The molecule has 5 nitrogen and oxygen atoms in total. The summed E-state index contributed by atoms with van der Waals surface area (Å²) in [5, 5.41) is 1.18. The number of hydrogen-bond donors (Lipinski definition) is 0. The number of carbonyl (C=O) groups excluding carboxylic acids is 1. The number of morpholine rings is 1. The Morgan fingerprint density at radius 1 is 1.20 bits per heavy atom. The lowest BCUT2D eigenvalue weighted by atomic mass is 10.2. The van der Waals surface area contributed by atoms with Gasteiger partial charge in [0, 0.05) is 28.0 Å². The number of anilines is 1. The molecular weight excluding hydrogens is 404 g/mol. The molecular formula is C18H15BrN2O3S. The summed E-state index contributed by atoms with van der Waals surface area (Å²) in [6, 6.07) is 11.6. The molecule has 25 heavy (non-hydrogen) atoms. The molecule has 0 N–H and O–H groups in total. The highest BCUT2D eigenvalue weighted by atomic mass is 79.9. The van der Waals surface area contributed by atoms with Gasteiger partial charge in [-0.3, -0.25) is 0 Å². The van der Waals surface area contributed by atoms with E-state index in [9.17, 15) is 4.79 Å². The van der Waals surface area contributed by atoms with E-state index >= 15 is 0 Å². The van der Waals surface area contributed by atoms with Crippen molar-refractivity contribution in [2.24, 2.45) is 4.99 Å². The highest BCUT2D eigenvalue weighted by Crippen LogP contribution is 2.29. The van der Waals surface area contributed by atoms with E-state index in [-0.39, 0.29) is 0 Å². The molecule has 1 aromatic carbocycles. The summed E-state index contributed by atoms with van der Waals surface area (Å²) in [5.74, 6) is -0.0844. The lowest BCUT2D eigenvalue weighted by Gasteiger charge is -2.27. The van der Waals surface area contributed by atoms with Gasteiger partial charge in [-0.25, -0.2) is 9.79 Å². The zero-order chi connectivity index (χ0) is 17.2. The average Bonchev–Trinajstić information content (AvgIpc) is 3.24. The fourth-order valence-electron chi connectivity index (χ4n) is 2.66. The Morgan fingerprint density at radius 3 is 2.84 bits per heavy atom. The van der Waals surface area contributed by atoms with E-state index in [0.717, 1.165) is 41.2 Å². The number of benzene rings is 1. The van der Waals surface area contributed by atoms with Gasteiger partial charge in [0.25, 0.3) is 0 Å². The first-order chi connectivity index (χ1) is 12.2. The maximum atomic E-state index is 12.1. The van der Waals surface area contributed by atoms with Crippen molar-refractivity contribution in [3.05, 3.63) is 57.0 Å². The van der Waals surface area contributed by atoms with Gasteiger partial charge in [0.05, 0.1) is 18.2 Å². The van der Waals surface area contributed by atoms with Gasteiger partial charge in [-0.15, -0.1) is 11.3 Å². The van der Waals surface area contributed by atoms with Gasteiger partial charge in [0.15, 0.2) is 5.70 Å². The standard InChI is InChI=1S/C18H15BrN2O3S/c19-13-3-1-2-12(10-13)17-20-15(18(22)24-17)11-14-4-5-16(25-14)21-6-8-23-9-7-21/h1-5,10-11H,6-9H2/b15-11-. The molecule has 0 radical (unpaired) electrons. The predicted molar refractivity (Wildman–Crippen MR) is 102 cm³/mol. The Hall–Kier alpha value is -1.96. The van der Waals surface area contributed by atoms with E-state index < -0.39 is 5.97 Å². The molecule has 1 aromatic heterocycles. The molecule has 1 fully saturated rings. The number of thiophene rings is 1. The zero-order valence-electron chi connectivity index (χ0n) is 13.3. The van der Waals surface area contributed by atoms with Crippen LogP contribution in [0.2, 0.25) is 0 Å². The molecule has 7 heteroatoms. The molecule has 2 aliphatic rings. The molecule has 0 bridgehead atoms. The van der Waals surface area contributed by atoms with E-state index in [2.05, 4.69) is 31.9 Å². The smallest absolute Gasteiger partial charge is 0.363 e. The summed E-state index contributed by atoms with van der Waals surface area (Å²) in [5.41, 5.74) is 1.09. The average molecular weight is 419 g/mol. The van der Waals surface area contributed by atoms with Crippen LogP contribution in [0.5, 0.6) is 0 Å². The molecule has 1 saturated heterocycles. The highest BCUT2D eigenvalue weighted by molar-refractivity contribution is 9.10. The fraction of sp³-hybridized carbons (Fsp3) is 0.222. The molecule has 0 aliphatic carbocycles. The third-order valence-electron chi connectivity index (χ3n) is 3.91. The minimum absolute atomic E-state index is 0.324. The van der Waals surface area contributed by atoms with Gasteiger partial charge >= 0.3 is 5.97 Å². The van der Waals surface area contributed by atoms with Gasteiger partial charge in [-0.2, -0.15) is 0 Å². The number of aliphatic imine (C=N–C) groups is 1. The van der Waals surface area contributed by atoms with E-state index in [1.54, 1.807) is 17.4 Å². The SMILES string of the molecule is O=C1OC(c2cccc(Br)c2)=N/C1=C\c1ccc(N2CCOCC2)s1. The predicted octanol–water partition coefficient (Wildman–Crippen LogP) is 3.69. The van der Waals surface area contributed by atoms with Crippen LogP contribution in [0.3, 0.4) is 0 Å². The van der Waals surface area contributed by atoms with Gasteiger partial charge < -0.3 is 14.4 Å². The van der Waals surface area contributed by atoms with Crippen molar-refractivity contribution in [1.82, 2.24) is 0 Å². The third kappa shape index (κ3) is 3.68. The number of hydrogen-bond acceptors (Lipinski definition) is 6. The molecule has 4 rings (SSSR count). The summed E-state index contributed by atoms with van der Waals surface area (Å²) < 4.78 is 11.6. The van der Waals surface area contributed by atoms with Crippen LogP contribution < -0.4 is 4.90 Å². The molecule has 0 amide bonds.